The molecule has 0 aliphatic carbocycles. The quantitative estimate of drug-likeness (QED) is 0.685. The molecule has 7 nitrogen and oxygen atoms in total. The summed E-state index contributed by atoms with van der Waals surface area (Å²) in [5.74, 6) is -1.69. The van der Waals surface area contributed by atoms with E-state index in [-0.39, 0.29) is 31.0 Å². The highest BCUT2D eigenvalue weighted by molar-refractivity contribution is 5.81. The lowest BCUT2D eigenvalue weighted by atomic mass is 9.97. The van der Waals surface area contributed by atoms with E-state index in [2.05, 4.69) is 0 Å². The fourth-order valence-electron chi connectivity index (χ4n) is 2.27. The highest BCUT2D eigenvalue weighted by Crippen LogP contribution is 2.17. The van der Waals surface area contributed by atoms with E-state index in [9.17, 15) is 14.4 Å². The number of aliphatic carboxylic acids is 1. The van der Waals surface area contributed by atoms with Crippen LogP contribution in [0.25, 0.3) is 0 Å². The minimum Gasteiger partial charge on any atom is -0.481 e. The summed E-state index contributed by atoms with van der Waals surface area (Å²) >= 11 is 0. The second kappa shape index (κ2) is 7.23. The number of primary amides is 1. The van der Waals surface area contributed by atoms with Gasteiger partial charge in [-0.15, -0.1) is 0 Å². The van der Waals surface area contributed by atoms with Crippen LogP contribution in [-0.4, -0.2) is 64.9 Å². The number of carbonyl (C=O) groups is 3. The number of hydrogen-bond acceptors (Lipinski definition) is 4. The van der Waals surface area contributed by atoms with Crippen LogP contribution in [-0.2, 0) is 14.4 Å². The number of carboxylic acids is 1. The fourth-order valence-corrected chi connectivity index (χ4v) is 2.27. The maximum Gasteiger partial charge on any atom is 0.306 e. The van der Waals surface area contributed by atoms with Gasteiger partial charge in [0.15, 0.2) is 0 Å². The minimum atomic E-state index is -0.797. The average Bonchev–Trinajstić information content (AvgIpc) is 2.37. The summed E-state index contributed by atoms with van der Waals surface area (Å²) in [5, 5.41) is 8.92. The number of amides is 2. The molecule has 1 saturated heterocycles. The molecular formula is C13H23N3O4. The molecule has 0 unspecified atom stereocenters. The van der Waals surface area contributed by atoms with Crippen molar-refractivity contribution in [2.75, 3.05) is 26.2 Å². The Hall–Kier alpha value is -1.63. The van der Waals surface area contributed by atoms with E-state index in [1.165, 1.54) is 0 Å². The number of carboxylic acid groups (broad SMARTS) is 1. The second-order valence-electron chi connectivity index (χ2n) is 5.46. The van der Waals surface area contributed by atoms with Gasteiger partial charge in [0.2, 0.25) is 11.8 Å². The molecule has 7 heteroatoms. The van der Waals surface area contributed by atoms with Crippen molar-refractivity contribution >= 4 is 17.8 Å². The number of nitrogens with zero attached hydrogens (tertiary/aromatic N) is 2. The zero-order valence-corrected chi connectivity index (χ0v) is 12.0. The molecule has 0 atom stereocenters. The SMILES string of the molecule is CC(C)N(CC(N)=O)CC(=O)N1CCC(C(=O)O)CC1. The summed E-state index contributed by atoms with van der Waals surface area (Å²) in [6.45, 7) is 4.89. The van der Waals surface area contributed by atoms with Gasteiger partial charge in [-0.25, -0.2) is 0 Å². The average molecular weight is 285 g/mol. The summed E-state index contributed by atoms with van der Waals surface area (Å²) in [6, 6.07) is 0.0445. The van der Waals surface area contributed by atoms with E-state index in [4.69, 9.17) is 10.8 Å². The van der Waals surface area contributed by atoms with Crippen molar-refractivity contribution < 1.29 is 19.5 Å². The molecule has 1 rings (SSSR count). The molecule has 0 radical (unpaired) electrons. The van der Waals surface area contributed by atoms with Crippen LogP contribution in [0.5, 0.6) is 0 Å². The van der Waals surface area contributed by atoms with Crippen molar-refractivity contribution in [3.63, 3.8) is 0 Å². The van der Waals surface area contributed by atoms with Gasteiger partial charge in [0.05, 0.1) is 19.0 Å². The van der Waals surface area contributed by atoms with E-state index in [0.717, 1.165) is 0 Å². The lowest BCUT2D eigenvalue weighted by Crippen LogP contribution is -2.48. The van der Waals surface area contributed by atoms with E-state index >= 15 is 0 Å². The van der Waals surface area contributed by atoms with Gasteiger partial charge in [-0.2, -0.15) is 0 Å². The lowest BCUT2D eigenvalue weighted by molar-refractivity contribution is -0.146. The van der Waals surface area contributed by atoms with Gasteiger partial charge in [-0.3, -0.25) is 19.3 Å². The number of hydrogen-bond donors (Lipinski definition) is 2. The first kappa shape index (κ1) is 16.4. The molecular weight excluding hydrogens is 262 g/mol. The highest BCUT2D eigenvalue weighted by atomic mass is 16.4. The van der Waals surface area contributed by atoms with Gasteiger partial charge in [0, 0.05) is 19.1 Å². The minimum absolute atomic E-state index is 0.0445. The van der Waals surface area contributed by atoms with Crippen LogP contribution in [0, 0.1) is 5.92 Å². The molecule has 0 aromatic heterocycles. The summed E-state index contributed by atoms with van der Waals surface area (Å²) in [6.07, 6.45) is 0.969. The van der Waals surface area contributed by atoms with E-state index < -0.39 is 11.9 Å². The Morgan fingerprint density at radius 3 is 2.20 bits per heavy atom. The van der Waals surface area contributed by atoms with Crippen LogP contribution in [0.15, 0.2) is 0 Å². The Balaban J connectivity index is 2.49. The third kappa shape index (κ3) is 4.80. The van der Waals surface area contributed by atoms with E-state index in [1.807, 2.05) is 13.8 Å². The third-order valence-corrected chi connectivity index (χ3v) is 3.62. The molecule has 0 aromatic carbocycles. The number of piperidine rings is 1. The number of rotatable bonds is 6. The van der Waals surface area contributed by atoms with Crippen molar-refractivity contribution in [1.82, 2.24) is 9.80 Å². The van der Waals surface area contributed by atoms with Crippen LogP contribution in [0.3, 0.4) is 0 Å². The topological polar surface area (TPSA) is 104 Å². The Labute approximate surface area is 118 Å². The lowest BCUT2D eigenvalue weighted by Gasteiger charge is -2.33. The molecule has 20 heavy (non-hydrogen) atoms. The van der Waals surface area contributed by atoms with Crippen LogP contribution in [0.2, 0.25) is 0 Å². The first-order chi connectivity index (χ1) is 9.31. The fraction of sp³-hybridized carbons (Fsp3) is 0.769. The standard InChI is InChI=1S/C13H23N3O4/c1-9(2)16(7-11(14)17)8-12(18)15-5-3-10(4-6-15)13(19)20/h9-10H,3-8H2,1-2H3,(H2,14,17)(H,19,20). The normalized spacial score (nSPS) is 16.7. The number of carbonyl (C=O) groups excluding carboxylic acids is 2. The van der Waals surface area contributed by atoms with Crippen molar-refractivity contribution in [2.24, 2.45) is 11.7 Å². The molecule has 1 aliphatic heterocycles. The highest BCUT2D eigenvalue weighted by Gasteiger charge is 2.28. The molecule has 1 fully saturated rings. The first-order valence-electron chi connectivity index (χ1n) is 6.84. The first-order valence-corrected chi connectivity index (χ1v) is 6.84. The smallest absolute Gasteiger partial charge is 0.306 e. The molecule has 1 aliphatic rings. The predicted molar refractivity (Wildman–Crippen MR) is 72.8 cm³/mol. The second-order valence-corrected chi connectivity index (χ2v) is 5.46. The van der Waals surface area contributed by atoms with Gasteiger partial charge in [-0.1, -0.05) is 0 Å². The summed E-state index contributed by atoms with van der Waals surface area (Å²) in [7, 11) is 0. The predicted octanol–water partition coefficient (Wildman–Crippen LogP) is -0.495. The summed E-state index contributed by atoms with van der Waals surface area (Å²) in [5.41, 5.74) is 5.17. The van der Waals surface area contributed by atoms with Gasteiger partial charge >= 0.3 is 5.97 Å². The Morgan fingerprint density at radius 1 is 1.25 bits per heavy atom. The van der Waals surface area contributed by atoms with E-state index in [1.54, 1.807) is 9.80 Å². The van der Waals surface area contributed by atoms with Crippen molar-refractivity contribution in [3.8, 4) is 0 Å². The van der Waals surface area contributed by atoms with Crippen molar-refractivity contribution in [3.05, 3.63) is 0 Å². The monoisotopic (exact) mass is 285 g/mol. The molecule has 1 heterocycles. The van der Waals surface area contributed by atoms with Crippen molar-refractivity contribution in [2.45, 2.75) is 32.7 Å². The Bertz CT molecular complexity index is 376. The maximum absolute atomic E-state index is 12.2. The third-order valence-electron chi connectivity index (χ3n) is 3.62. The largest absolute Gasteiger partial charge is 0.481 e. The maximum atomic E-state index is 12.2. The molecule has 0 bridgehead atoms. The number of nitrogens with two attached hydrogens (primary N) is 1. The summed E-state index contributed by atoms with van der Waals surface area (Å²) in [4.78, 5) is 37.4. The van der Waals surface area contributed by atoms with Crippen LogP contribution < -0.4 is 5.73 Å². The van der Waals surface area contributed by atoms with Gasteiger partial charge in [0.1, 0.15) is 0 Å². The van der Waals surface area contributed by atoms with Crippen LogP contribution >= 0.6 is 0 Å². The molecule has 3 N–H and O–H groups in total. The van der Waals surface area contributed by atoms with Crippen LogP contribution in [0.1, 0.15) is 26.7 Å². The Morgan fingerprint density at radius 2 is 1.80 bits per heavy atom. The number of likely N-dealkylation sites (tertiary alicyclic amines) is 1. The molecule has 2 amide bonds. The van der Waals surface area contributed by atoms with Gasteiger partial charge < -0.3 is 15.7 Å². The zero-order chi connectivity index (χ0) is 15.3. The van der Waals surface area contributed by atoms with E-state index in [0.29, 0.717) is 25.9 Å². The van der Waals surface area contributed by atoms with Crippen molar-refractivity contribution in [1.29, 1.82) is 0 Å². The molecule has 0 aromatic rings. The molecule has 0 saturated carbocycles. The molecule has 114 valence electrons. The van der Waals surface area contributed by atoms with Crippen LogP contribution in [0.4, 0.5) is 0 Å². The van der Waals surface area contributed by atoms with Gasteiger partial charge in [0.25, 0.3) is 0 Å². The Kier molecular flexibility index (Phi) is 5.94. The molecule has 0 spiro atoms. The zero-order valence-electron chi connectivity index (χ0n) is 12.0. The summed E-state index contributed by atoms with van der Waals surface area (Å²) < 4.78 is 0. The van der Waals surface area contributed by atoms with Gasteiger partial charge in [-0.05, 0) is 26.7 Å².